The zero-order valence-electron chi connectivity index (χ0n) is 9.63. The fraction of sp³-hybridized carbons (Fsp3) is 0.429. The van der Waals surface area contributed by atoms with Crippen molar-refractivity contribution in [2.24, 2.45) is 5.92 Å². The highest BCUT2D eigenvalue weighted by atomic mass is 32.2. The van der Waals surface area contributed by atoms with Gasteiger partial charge < -0.3 is 4.74 Å². The molecule has 2 rings (SSSR count). The molecule has 1 aromatic carbocycles. The van der Waals surface area contributed by atoms with Crippen LogP contribution < -0.4 is 0 Å². The molecule has 0 heterocycles. The van der Waals surface area contributed by atoms with Crippen LogP contribution in [0.25, 0.3) is 0 Å². The van der Waals surface area contributed by atoms with Gasteiger partial charge in [-0.05, 0) is 30.9 Å². The zero-order valence-corrected chi connectivity index (χ0v) is 10.5. The molecule has 1 aliphatic rings. The maximum atomic E-state index is 5.38. The first-order chi connectivity index (χ1) is 7.88. The van der Waals surface area contributed by atoms with Crippen LogP contribution in [0, 0.1) is 5.92 Å². The first-order valence-corrected chi connectivity index (χ1v) is 6.74. The predicted octanol–water partition coefficient (Wildman–Crippen LogP) is 3.76. The number of benzene rings is 1. The lowest BCUT2D eigenvalue weighted by Crippen LogP contribution is -2.18. The Labute approximate surface area is 102 Å². The molecular weight excluding hydrogens is 216 g/mol. The van der Waals surface area contributed by atoms with Crippen molar-refractivity contribution >= 4 is 11.8 Å². The molecule has 0 unspecified atom stereocenters. The average molecular weight is 234 g/mol. The molecule has 2 atom stereocenters. The molecule has 16 heavy (non-hydrogen) atoms. The highest BCUT2D eigenvalue weighted by Crippen LogP contribution is 2.27. The minimum absolute atomic E-state index is 0.329. The van der Waals surface area contributed by atoms with E-state index in [0.717, 1.165) is 12.3 Å². The lowest BCUT2D eigenvalue weighted by molar-refractivity contribution is 0.115. The summed E-state index contributed by atoms with van der Waals surface area (Å²) >= 11 is 1.95. The Hall–Kier alpha value is -0.730. The molecule has 0 saturated carbocycles. The van der Waals surface area contributed by atoms with Crippen LogP contribution in [-0.2, 0) is 4.74 Å². The number of methoxy groups -OCH3 is 1. The van der Waals surface area contributed by atoms with Gasteiger partial charge in [-0.15, -0.1) is 11.8 Å². The summed E-state index contributed by atoms with van der Waals surface area (Å²) < 4.78 is 5.38. The number of rotatable bonds is 4. The molecule has 1 nitrogen and oxygen atoms in total. The van der Waals surface area contributed by atoms with E-state index in [4.69, 9.17) is 4.74 Å². The Morgan fingerprint density at radius 1 is 1.31 bits per heavy atom. The normalized spacial score (nSPS) is 24.6. The fourth-order valence-electron chi connectivity index (χ4n) is 1.97. The second-order valence-electron chi connectivity index (χ2n) is 4.16. The van der Waals surface area contributed by atoms with E-state index in [2.05, 4.69) is 42.5 Å². The lowest BCUT2D eigenvalue weighted by atomic mass is 9.94. The molecule has 0 N–H and O–H groups in total. The van der Waals surface area contributed by atoms with Crippen molar-refractivity contribution in [1.29, 1.82) is 0 Å². The van der Waals surface area contributed by atoms with Crippen molar-refractivity contribution in [2.45, 2.75) is 23.8 Å². The lowest BCUT2D eigenvalue weighted by Gasteiger charge is -2.23. The quantitative estimate of drug-likeness (QED) is 0.579. The van der Waals surface area contributed by atoms with E-state index in [0.29, 0.717) is 6.10 Å². The van der Waals surface area contributed by atoms with Gasteiger partial charge in [0.15, 0.2) is 0 Å². The zero-order chi connectivity index (χ0) is 11.2. The van der Waals surface area contributed by atoms with Crippen LogP contribution in [0.4, 0.5) is 0 Å². The summed E-state index contributed by atoms with van der Waals surface area (Å²) in [5.41, 5.74) is 0. The fourth-order valence-corrected chi connectivity index (χ4v) is 3.02. The molecule has 1 aliphatic carbocycles. The van der Waals surface area contributed by atoms with Gasteiger partial charge in [0.25, 0.3) is 0 Å². The smallest absolute Gasteiger partial charge is 0.0755 e. The Bertz CT molecular complexity index is 334. The third-order valence-electron chi connectivity index (χ3n) is 2.92. The summed E-state index contributed by atoms with van der Waals surface area (Å²) in [6.45, 7) is 0. The molecule has 0 saturated heterocycles. The molecule has 1 aromatic rings. The molecule has 0 amide bonds. The second kappa shape index (κ2) is 6.12. The summed E-state index contributed by atoms with van der Waals surface area (Å²) in [5, 5.41) is 0. The monoisotopic (exact) mass is 234 g/mol. The number of allylic oxidation sites excluding steroid dienone is 1. The Balaban J connectivity index is 1.81. The Morgan fingerprint density at radius 2 is 2.12 bits per heavy atom. The molecule has 0 fully saturated rings. The molecule has 2 heteroatoms. The van der Waals surface area contributed by atoms with Crippen molar-refractivity contribution in [3.8, 4) is 0 Å². The van der Waals surface area contributed by atoms with Gasteiger partial charge in [-0.25, -0.2) is 0 Å². The number of ether oxygens (including phenoxy) is 1. The van der Waals surface area contributed by atoms with Gasteiger partial charge in [0.05, 0.1) is 6.10 Å². The van der Waals surface area contributed by atoms with Gasteiger partial charge in [-0.3, -0.25) is 0 Å². The van der Waals surface area contributed by atoms with Gasteiger partial charge >= 0.3 is 0 Å². The van der Waals surface area contributed by atoms with Gasteiger partial charge in [0.1, 0.15) is 0 Å². The van der Waals surface area contributed by atoms with Gasteiger partial charge in [0, 0.05) is 17.8 Å². The van der Waals surface area contributed by atoms with Crippen LogP contribution in [0.2, 0.25) is 0 Å². The van der Waals surface area contributed by atoms with E-state index in [1.807, 2.05) is 11.8 Å². The van der Waals surface area contributed by atoms with Crippen LogP contribution in [0.1, 0.15) is 12.8 Å². The standard InChI is InChI=1S/C14H18OS/c1-15-13-7-5-6-12(10-13)11-16-14-8-3-2-4-9-14/h2-5,7-9,12-13H,6,10-11H2,1H3/t12-,13+/m1/s1. The highest BCUT2D eigenvalue weighted by molar-refractivity contribution is 7.99. The second-order valence-corrected chi connectivity index (χ2v) is 5.26. The third-order valence-corrected chi connectivity index (χ3v) is 4.16. The van der Waals surface area contributed by atoms with E-state index >= 15 is 0 Å². The summed E-state index contributed by atoms with van der Waals surface area (Å²) in [6.07, 6.45) is 7.12. The molecule has 0 radical (unpaired) electrons. The number of thioether (sulfide) groups is 1. The van der Waals surface area contributed by atoms with Crippen LogP contribution in [-0.4, -0.2) is 19.0 Å². The summed E-state index contributed by atoms with van der Waals surface area (Å²) in [6, 6.07) is 10.6. The first kappa shape index (κ1) is 11.7. The SMILES string of the molecule is CO[C@H]1C=CC[C@@H](CSc2ccccc2)C1. The average Bonchev–Trinajstić information content (AvgIpc) is 2.38. The Morgan fingerprint density at radius 3 is 2.88 bits per heavy atom. The molecule has 0 spiro atoms. The number of hydrogen-bond acceptors (Lipinski definition) is 2. The molecule has 0 aromatic heterocycles. The van der Waals surface area contributed by atoms with Crippen LogP contribution >= 0.6 is 11.8 Å². The highest BCUT2D eigenvalue weighted by Gasteiger charge is 2.17. The topological polar surface area (TPSA) is 9.23 Å². The van der Waals surface area contributed by atoms with Crippen LogP contribution in [0.5, 0.6) is 0 Å². The van der Waals surface area contributed by atoms with E-state index in [-0.39, 0.29) is 0 Å². The third kappa shape index (κ3) is 3.39. The van der Waals surface area contributed by atoms with E-state index in [9.17, 15) is 0 Å². The first-order valence-electron chi connectivity index (χ1n) is 5.76. The minimum atomic E-state index is 0.329. The molecule has 86 valence electrons. The van der Waals surface area contributed by atoms with Gasteiger partial charge in [-0.1, -0.05) is 30.4 Å². The molecular formula is C14H18OS. The molecule has 0 bridgehead atoms. The number of hydrogen-bond donors (Lipinski definition) is 0. The molecule has 0 aliphatic heterocycles. The maximum absolute atomic E-state index is 5.38. The summed E-state index contributed by atoms with van der Waals surface area (Å²) in [7, 11) is 1.79. The van der Waals surface area contributed by atoms with Crippen LogP contribution in [0.3, 0.4) is 0 Å². The summed E-state index contributed by atoms with van der Waals surface area (Å²) in [5.74, 6) is 1.94. The van der Waals surface area contributed by atoms with Gasteiger partial charge in [-0.2, -0.15) is 0 Å². The van der Waals surface area contributed by atoms with Crippen molar-refractivity contribution < 1.29 is 4.74 Å². The Kier molecular flexibility index (Phi) is 4.49. The summed E-state index contributed by atoms with van der Waals surface area (Å²) in [4.78, 5) is 1.37. The van der Waals surface area contributed by atoms with Crippen LogP contribution in [0.15, 0.2) is 47.4 Å². The van der Waals surface area contributed by atoms with E-state index < -0.39 is 0 Å². The van der Waals surface area contributed by atoms with Crippen molar-refractivity contribution in [2.75, 3.05) is 12.9 Å². The predicted molar refractivity (Wildman–Crippen MR) is 69.8 cm³/mol. The largest absolute Gasteiger partial charge is 0.377 e. The van der Waals surface area contributed by atoms with Crippen molar-refractivity contribution in [1.82, 2.24) is 0 Å². The van der Waals surface area contributed by atoms with E-state index in [1.54, 1.807) is 7.11 Å². The maximum Gasteiger partial charge on any atom is 0.0755 e. The minimum Gasteiger partial charge on any atom is -0.377 e. The van der Waals surface area contributed by atoms with Gasteiger partial charge in [0.2, 0.25) is 0 Å². The van der Waals surface area contributed by atoms with Crippen molar-refractivity contribution in [3.63, 3.8) is 0 Å². The van der Waals surface area contributed by atoms with Crippen molar-refractivity contribution in [3.05, 3.63) is 42.5 Å². The van der Waals surface area contributed by atoms with E-state index in [1.165, 1.54) is 17.1 Å².